The third kappa shape index (κ3) is 3.83. The predicted molar refractivity (Wildman–Crippen MR) is 63.9 cm³/mol. The first-order valence-corrected chi connectivity index (χ1v) is 6.73. The van der Waals surface area contributed by atoms with Crippen LogP contribution in [0.3, 0.4) is 0 Å². The molecule has 2 N–H and O–H groups in total. The van der Waals surface area contributed by atoms with Gasteiger partial charge in [0.1, 0.15) is 5.75 Å². The molecule has 1 aromatic carbocycles. The molecule has 5 heteroatoms. The van der Waals surface area contributed by atoms with Crippen molar-refractivity contribution in [2.45, 2.75) is 25.5 Å². The molecule has 0 aromatic heterocycles. The van der Waals surface area contributed by atoms with Gasteiger partial charge in [0.25, 0.3) is 0 Å². The predicted octanol–water partition coefficient (Wildman–Crippen LogP) is 1.26. The van der Waals surface area contributed by atoms with Crippen LogP contribution in [0.15, 0.2) is 24.3 Å². The van der Waals surface area contributed by atoms with Gasteiger partial charge in [-0.25, -0.2) is 13.1 Å². The first-order valence-electron chi connectivity index (χ1n) is 5.18. The van der Waals surface area contributed by atoms with Crippen LogP contribution in [-0.2, 0) is 16.4 Å². The van der Waals surface area contributed by atoms with Crippen molar-refractivity contribution in [3.63, 3.8) is 0 Å². The highest BCUT2D eigenvalue weighted by atomic mass is 32.2. The normalized spacial score (nSPS) is 11.9. The Hall–Kier alpha value is -1.07. The van der Waals surface area contributed by atoms with E-state index in [9.17, 15) is 13.5 Å². The molecule has 1 rings (SSSR count). The van der Waals surface area contributed by atoms with Crippen LogP contribution in [0.4, 0.5) is 0 Å². The number of phenols is 1. The molecule has 16 heavy (non-hydrogen) atoms. The van der Waals surface area contributed by atoms with E-state index in [1.54, 1.807) is 32.0 Å². The van der Waals surface area contributed by atoms with Crippen LogP contribution in [0.5, 0.6) is 5.75 Å². The lowest BCUT2D eigenvalue weighted by molar-refractivity contribution is 0.474. The summed E-state index contributed by atoms with van der Waals surface area (Å²) in [6, 6.07) is 6.80. The molecule has 0 radical (unpaired) electrons. The number of phenolic OH excluding ortho intramolecular Hbond substituents is 1. The molecule has 0 aliphatic carbocycles. The summed E-state index contributed by atoms with van der Waals surface area (Å²) in [6.07, 6.45) is 0.570. The van der Waals surface area contributed by atoms with Crippen molar-refractivity contribution in [3.8, 4) is 5.75 Å². The van der Waals surface area contributed by atoms with Crippen molar-refractivity contribution < 1.29 is 13.5 Å². The minimum Gasteiger partial charge on any atom is -0.508 e. The molecule has 1 aromatic rings. The first-order chi connectivity index (χ1) is 7.42. The van der Waals surface area contributed by atoms with Crippen molar-refractivity contribution in [2.75, 3.05) is 6.54 Å². The average molecular weight is 243 g/mol. The van der Waals surface area contributed by atoms with Gasteiger partial charge in [0.2, 0.25) is 10.0 Å². The Labute approximate surface area is 96.4 Å². The fourth-order valence-electron chi connectivity index (χ4n) is 1.22. The van der Waals surface area contributed by atoms with Gasteiger partial charge in [0, 0.05) is 6.54 Å². The Bertz CT molecular complexity index is 440. The van der Waals surface area contributed by atoms with Crippen molar-refractivity contribution in [2.24, 2.45) is 0 Å². The van der Waals surface area contributed by atoms with Gasteiger partial charge >= 0.3 is 0 Å². The van der Waals surface area contributed by atoms with Crippen LogP contribution in [0.2, 0.25) is 0 Å². The first kappa shape index (κ1) is 13.0. The van der Waals surface area contributed by atoms with Gasteiger partial charge in [0.05, 0.1) is 5.25 Å². The summed E-state index contributed by atoms with van der Waals surface area (Å²) in [7, 11) is -3.19. The monoisotopic (exact) mass is 243 g/mol. The molecule has 0 unspecified atom stereocenters. The summed E-state index contributed by atoms with van der Waals surface area (Å²) < 4.78 is 25.4. The molecule has 0 saturated heterocycles. The van der Waals surface area contributed by atoms with E-state index in [0.29, 0.717) is 13.0 Å². The Kier molecular flexibility index (Phi) is 4.32. The summed E-state index contributed by atoms with van der Waals surface area (Å²) in [4.78, 5) is 0. The van der Waals surface area contributed by atoms with E-state index in [1.165, 1.54) is 0 Å². The summed E-state index contributed by atoms with van der Waals surface area (Å²) in [6.45, 7) is 3.62. The third-order valence-electron chi connectivity index (χ3n) is 2.25. The number of hydrogen-bond acceptors (Lipinski definition) is 3. The van der Waals surface area contributed by atoms with Crippen molar-refractivity contribution in [3.05, 3.63) is 29.8 Å². The van der Waals surface area contributed by atoms with E-state index in [-0.39, 0.29) is 5.75 Å². The Morgan fingerprint density at radius 1 is 1.38 bits per heavy atom. The maximum Gasteiger partial charge on any atom is 0.213 e. The van der Waals surface area contributed by atoms with Gasteiger partial charge in [-0.05, 0) is 38.0 Å². The van der Waals surface area contributed by atoms with E-state index >= 15 is 0 Å². The zero-order valence-electron chi connectivity index (χ0n) is 9.47. The van der Waals surface area contributed by atoms with Gasteiger partial charge in [-0.3, -0.25) is 0 Å². The van der Waals surface area contributed by atoms with Crippen LogP contribution in [0, 0.1) is 0 Å². The van der Waals surface area contributed by atoms with Gasteiger partial charge in [-0.1, -0.05) is 12.1 Å². The lowest BCUT2D eigenvalue weighted by Gasteiger charge is -2.09. The van der Waals surface area contributed by atoms with Gasteiger partial charge in [0.15, 0.2) is 0 Å². The number of nitrogens with one attached hydrogen (secondary N) is 1. The Balaban J connectivity index is 2.48. The highest BCUT2D eigenvalue weighted by molar-refractivity contribution is 7.90. The van der Waals surface area contributed by atoms with Crippen LogP contribution in [0.25, 0.3) is 0 Å². The number of sulfonamides is 1. The molecule has 0 atom stereocenters. The maximum absolute atomic E-state index is 11.4. The van der Waals surface area contributed by atoms with Crippen LogP contribution in [-0.4, -0.2) is 25.3 Å². The van der Waals surface area contributed by atoms with Gasteiger partial charge in [-0.2, -0.15) is 0 Å². The molecule has 0 aliphatic rings. The Morgan fingerprint density at radius 3 is 2.62 bits per heavy atom. The molecule has 90 valence electrons. The van der Waals surface area contributed by atoms with Crippen molar-refractivity contribution >= 4 is 10.0 Å². The van der Waals surface area contributed by atoms with E-state index in [0.717, 1.165) is 5.56 Å². The zero-order valence-corrected chi connectivity index (χ0v) is 10.3. The molecule has 0 bridgehead atoms. The molecular formula is C11H17NO3S. The standard InChI is InChI=1S/C11H17NO3S/c1-9(2)16(14,15)12-7-6-10-4-3-5-11(13)8-10/h3-5,8-9,12-13H,6-7H2,1-2H3. The van der Waals surface area contributed by atoms with E-state index in [4.69, 9.17) is 0 Å². The topological polar surface area (TPSA) is 66.4 Å². The third-order valence-corrected chi connectivity index (χ3v) is 4.10. The second-order valence-corrected chi connectivity index (χ2v) is 6.23. The molecule has 0 fully saturated rings. The molecular weight excluding hydrogens is 226 g/mol. The number of benzene rings is 1. The quantitative estimate of drug-likeness (QED) is 0.818. The van der Waals surface area contributed by atoms with Crippen LogP contribution < -0.4 is 4.72 Å². The molecule has 0 saturated carbocycles. The molecule has 0 heterocycles. The molecule has 0 aliphatic heterocycles. The van der Waals surface area contributed by atoms with E-state index in [2.05, 4.69) is 4.72 Å². The molecule has 4 nitrogen and oxygen atoms in total. The lowest BCUT2D eigenvalue weighted by atomic mass is 10.1. The Morgan fingerprint density at radius 2 is 2.06 bits per heavy atom. The maximum atomic E-state index is 11.4. The smallest absolute Gasteiger partial charge is 0.213 e. The highest BCUT2D eigenvalue weighted by Gasteiger charge is 2.14. The second kappa shape index (κ2) is 5.32. The second-order valence-electron chi connectivity index (χ2n) is 3.91. The average Bonchev–Trinajstić information content (AvgIpc) is 2.17. The highest BCUT2D eigenvalue weighted by Crippen LogP contribution is 2.11. The summed E-state index contributed by atoms with van der Waals surface area (Å²) in [5, 5.41) is 8.80. The van der Waals surface area contributed by atoms with E-state index in [1.807, 2.05) is 6.07 Å². The number of rotatable bonds is 5. The zero-order chi connectivity index (χ0) is 12.2. The summed E-state index contributed by atoms with van der Waals surface area (Å²) in [5.74, 6) is 0.198. The number of hydrogen-bond donors (Lipinski definition) is 2. The van der Waals surface area contributed by atoms with Crippen molar-refractivity contribution in [1.29, 1.82) is 0 Å². The van der Waals surface area contributed by atoms with Crippen LogP contribution >= 0.6 is 0 Å². The largest absolute Gasteiger partial charge is 0.508 e. The lowest BCUT2D eigenvalue weighted by Crippen LogP contribution is -2.32. The van der Waals surface area contributed by atoms with Gasteiger partial charge < -0.3 is 5.11 Å². The fourth-order valence-corrected chi connectivity index (χ4v) is 1.94. The fraction of sp³-hybridized carbons (Fsp3) is 0.455. The van der Waals surface area contributed by atoms with Crippen LogP contribution in [0.1, 0.15) is 19.4 Å². The molecule has 0 amide bonds. The van der Waals surface area contributed by atoms with Crippen molar-refractivity contribution in [1.82, 2.24) is 4.72 Å². The van der Waals surface area contributed by atoms with E-state index < -0.39 is 15.3 Å². The number of aromatic hydroxyl groups is 1. The summed E-state index contributed by atoms with van der Waals surface area (Å²) >= 11 is 0. The minimum atomic E-state index is -3.19. The SMILES string of the molecule is CC(C)S(=O)(=O)NCCc1cccc(O)c1. The van der Waals surface area contributed by atoms with Gasteiger partial charge in [-0.15, -0.1) is 0 Å². The minimum absolute atomic E-state index is 0.198. The molecule has 0 spiro atoms. The summed E-state index contributed by atoms with van der Waals surface area (Å²) in [5.41, 5.74) is 0.909.